The summed E-state index contributed by atoms with van der Waals surface area (Å²) >= 11 is 0. The van der Waals surface area contributed by atoms with E-state index in [1.807, 2.05) is 6.92 Å². The number of rotatable bonds is 8. The van der Waals surface area contributed by atoms with Crippen LogP contribution in [0.1, 0.15) is 52.4 Å². The van der Waals surface area contributed by atoms with Crippen LogP contribution in [-0.4, -0.2) is 22.2 Å². The molecule has 0 amide bonds. The molecule has 0 aromatic rings. The van der Waals surface area contributed by atoms with Gasteiger partial charge in [-0.1, -0.05) is 19.8 Å². The van der Waals surface area contributed by atoms with Crippen LogP contribution in [0.15, 0.2) is 0 Å². The summed E-state index contributed by atoms with van der Waals surface area (Å²) in [7, 11) is 0. The van der Waals surface area contributed by atoms with E-state index in [0.717, 1.165) is 12.8 Å². The van der Waals surface area contributed by atoms with Gasteiger partial charge in [0, 0.05) is 6.42 Å². The smallest absolute Gasteiger partial charge is 0.309 e. The molecule has 88 valence electrons. The fraction of sp³-hybridized carbons (Fsp3) is 0.818. The van der Waals surface area contributed by atoms with E-state index in [2.05, 4.69) is 0 Å². The van der Waals surface area contributed by atoms with Gasteiger partial charge in [0.05, 0.1) is 5.41 Å². The molecule has 1 atom stereocenters. The Kier molecular flexibility index (Phi) is 5.97. The van der Waals surface area contributed by atoms with Crippen LogP contribution in [0.25, 0.3) is 0 Å². The van der Waals surface area contributed by atoms with Gasteiger partial charge >= 0.3 is 11.9 Å². The second-order valence-corrected chi connectivity index (χ2v) is 4.22. The Hall–Kier alpha value is -1.06. The van der Waals surface area contributed by atoms with E-state index in [1.54, 1.807) is 6.92 Å². The van der Waals surface area contributed by atoms with Crippen LogP contribution in [-0.2, 0) is 9.59 Å². The van der Waals surface area contributed by atoms with Gasteiger partial charge in [0.1, 0.15) is 0 Å². The van der Waals surface area contributed by atoms with Crippen molar-refractivity contribution in [2.45, 2.75) is 52.4 Å². The molecule has 0 spiro atoms. The fourth-order valence-electron chi connectivity index (χ4n) is 1.54. The summed E-state index contributed by atoms with van der Waals surface area (Å²) in [5.41, 5.74) is -0.758. The molecule has 4 nitrogen and oxygen atoms in total. The minimum absolute atomic E-state index is 0.0506. The quantitative estimate of drug-likeness (QED) is 0.653. The lowest BCUT2D eigenvalue weighted by Crippen LogP contribution is -2.27. The molecule has 0 aliphatic carbocycles. The van der Waals surface area contributed by atoms with Crippen LogP contribution in [0, 0.1) is 5.41 Å². The fourth-order valence-corrected chi connectivity index (χ4v) is 1.54. The molecule has 0 aliphatic heterocycles. The summed E-state index contributed by atoms with van der Waals surface area (Å²) in [6, 6.07) is 0. The van der Waals surface area contributed by atoms with Crippen molar-refractivity contribution in [3.05, 3.63) is 0 Å². The first-order valence-corrected chi connectivity index (χ1v) is 5.37. The third kappa shape index (κ3) is 5.40. The molecule has 0 aliphatic rings. The van der Waals surface area contributed by atoms with Gasteiger partial charge in [-0.05, 0) is 26.2 Å². The number of carbonyl (C=O) groups is 2. The molecule has 4 heteroatoms. The third-order valence-electron chi connectivity index (χ3n) is 2.72. The standard InChI is InChI=1S/C11H20O4/c1-3-4-7-11(2,10(14)15)8-5-6-9(12)13/h3-8H2,1-2H3,(H,12,13)(H,14,15). The molecular weight excluding hydrogens is 196 g/mol. The number of aliphatic carboxylic acids is 2. The maximum absolute atomic E-state index is 11.1. The van der Waals surface area contributed by atoms with Crippen molar-refractivity contribution < 1.29 is 19.8 Å². The Balaban J connectivity index is 4.13. The van der Waals surface area contributed by atoms with Crippen LogP contribution in [0.3, 0.4) is 0 Å². The molecule has 15 heavy (non-hydrogen) atoms. The molecule has 0 bridgehead atoms. The zero-order valence-corrected chi connectivity index (χ0v) is 9.45. The molecule has 0 fully saturated rings. The molecule has 0 aromatic heterocycles. The molecule has 0 aromatic carbocycles. The first-order chi connectivity index (χ1) is 6.92. The van der Waals surface area contributed by atoms with E-state index in [-0.39, 0.29) is 6.42 Å². The summed E-state index contributed by atoms with van der Waals surface area (Å²) in [5.74, 6) is -1.68. The van der Waals surface area contributed by atoms with Gasteiger partial charge in [-0.2, -0.15) is 0 Å². The zero-order valence-electron chi connectivity index (χ0n) is 9.45. The van der Waals surface area contributed by atoms with Crippen LogP contribution in [0.4, 0.5) is 0 Å². The molecule has 0 radical (unpaired) electrons. The van der Waals surface area contributed by atoms with Gasteiger partial charge in [-0.3, -0.25) is 9.59 Å². The first-order valence-electron chi connectivity index (χ1n) is 5.37. The average Bonchev–Trinajstić information content (AvgIpc) is 2.14. The second-order valence-electron chi connectivity index (χ2n) is 4.22. The minimum Gasteiger partial charge on any atom is -0.481 e. The Morgan fingerprint density at radius 3 is 2.07 bits per heavy atom. The molecule has 0 heterocycles. The number of hydrogen-bond acceptors (Lipinski definition) is 2. The van der Waals surface area contributed by atoms with Crippen molar-refractivity contribution in [1.29, 1.82) is 0 Å². The third-order valence-corrected chi connectivity index (χ3v) is 2.72. The number of hydrogen-bond donors (Lipinski definition) is 2. The van der Waals surface area contributed by atoms with Gasteiger partial charge in [0.25, 0.3) is 0 Å². The molecule has 0 saturated heterocycles. The zero-order chi connectivity index (χ0) is 11.9. The highest BCUT2D eigenvalue weighted by Gasteiger charge is 2.31. The van der Waals surface area contributed by atoms with E-state index in [4.69, 9.17) is 10.2 Å². The minimum atomic E-state index is -0.863. The largest absolute Gasteiger partial charge is 0.481 e. The van der Waals surface area contributed by atoms with Gasteiger partial charge in [-0.15, -0.1) is 0 Å². The van der Waals surface area contributed by atoms with Crippen LogP contribution in [0.5, 0.6) is 0 Å². The summed E-state index contributed by atoms with van der Waals surface area (Å²) in [5, 5.41) is 17.6. The second kappa shape index (κ2) is 6.43. The Morgan fingerprint density at radius 2 is 1.67 bits per heavy atom. The topological polar surface area (TPSA) is 74.6 Å². The summed E-state index contributed by atoms with van der Waals surface area (Å²) in [6.45, 7) is 3.71. The molecule has 0 saturated carbocycles. The lowest BCUT2D eigenvalue weighted by molar-refractivity contribution is -0.149. The Bertz CT molecular complexity index is 225. The molecule has 2 N–H and O–H groups in total. The van der Waals surface area contributed by atoms with Crippen molar-refractivity contribution in [1.82, 2.24) is 0 Å². The lowest BCUT2D eigenvalue weighted by Gasteiger charge is -2.24. The van der Waals surface area contributed by atoms with Gasteiger partial charge in [0.2, 0.25) is 0 Å². The van der Waals surface area contributed by atoms with Crippen molar-refractivity contribution in [3.8, 4) is 0 Å². The highest BCUT2D eigenvalue weighted by atomic mass is 16.4. The molecule has 1 unspecified atom stereocenters. The molecule has 0 rings (SSSR count). The Morgan fingerprint density at radius 1 is 1.13 bits per heavy atom. The summed E-state index contributed by atoms with van der Waals surface area (Å²) in [6.07, 6.45) is 3.38. The van der Waals surface area contributed by atoms with Crippen molar-refractivity contribution in [2.75, 3.05) is 0 Å². The predicted molar refractivity (Wildman–Crippen MR) is 56.8 cm³/mol. The van der Waals surface area contributed by atoms with E-state index >= 15 is 0 Å². The van der Waals surface area contributed by atoms with E-state index < -0.39 is 17.4 Å². The number of unbranched alkanes of at least 4 members (excludes halogenated alkanes) is 1. The monoisotopic (exact) mass is 216 g/mol. The van der Waals surface area contributed by atoms with E-state index in [1.165, 1.54) is 0 Å². The lowest BCUT2D eigenvalue weighted by atomic mass is 9.80. The molecular formula is C11H20O4. The van der Waals surface area contributed by atoms with E-state index in [9.17, 15) is 9.59 Å². The van der Waals surface area contributed by atoms with Crippen molar-refractivity contribution in [2.24, 2.45) is 5.41 Å². The van der Waals surface area contributed by atoms with Crippen molar-refractivity contribution in [3.63, 3.8) is 0 Å². The van der Waals surface area contributed by atoms with E-state index in [0.29, 0.717) is 19.3 Å². The van der Waals surface area contributed by atoms with Gasteiger partial charge < -0.3 is 10.2 Å². The highest BCUT2D eigenvalue weighted by Crippen LogP contribution is 2.30. The number of carboxylic acid groups (broad SMARTS) is 2. The summed E-state index contributed by atoms with van der Waals surface area (Å²) < 4.78 is 0. The highest BCUT2D eigenvalue weighted by molar-refractivity contribution is 5.74. The first kappa shape index (κ1) is 13.9. The normalized spacial score (nSPS) is 14.5. The number of carboxylic acids is 2. The Labute approximate surface area is 90.3 Å². The SMILES string of the molecule is CCCCC(C)(CCCC(=O)O)C(=O)O. The van der Waals surface area contributed by atoms with Crippen LogP contribution in [0.2, 0.25) is 0 Å². The van der Waals surface area contributed by atoms with Crippen molar-refractivity contribution >= 4 is 11.9 Å². The van der Waals surface area contributed by atoms with Gasteiger partial charge in [0.15, 0.2) is 0 Å². The maximum atomic E-state index is 11.1. The predicted octanol–water partition coefficient (Wildman–Crippen LogP) is 2.52. The average molecular weight is 216 g/mol. The van der Waals surface area contributed by atoms with Crippen LogP contribution < -0.4 is 0 Å². The maximum Gasteiger partial charge on any atom is 0.309 e. The van der Waals surface area contributed by atoms with Crippen LogP contribution >= 0.6 is 0 Å². The van der Waals surface area contributed by atoms with Gasteiger partial charge in [-0.25, -0.2) is 0 Å². The summed E-state index contributed by atoms with van der Waals surface area (Å²) in [4.78, 5) is 21.4.